The first-order valence-electron chi connectivity index (χ1n) is 6.76. The molecule has 2 rings (SSSR count). The molecule has 2 N–H and O–H groups in total. The van der Waals surface area contributed by atoms with Crippen molar-refractivity contribution in [3.63, 3.8) is 0 Å². The molecule has 0 aliphatic heterocycles. The first-order valence-corrected chi connectivity index (χ1v) is 9.04. The third kappa shape index (κ3) is 5.81. The molecule has 0 aliphatic rings. The van der Waals surface area contributed by atoms with E-state index in [-0.39, 0.29) is 11.7 Å². The van der Waals surface area contributed by atoms with E-state index in [1.165, 1.54) is 12.1 Å². The van der Waals surface area contributed by atoms with E-state index in [1.807, 2.05) is 12.1 Å². The summed E-state index contributed by atoms with van der Waals surface area (Å²) in [5, 5.41) is 13.8. The van der Waals surface area contributed by atoms with Gasteiger partial charge in [-0.25, -0.2) is 0 Å². The number of carbonyl (C=O) groups excluding carboxylic acids is 1. The van der Waals surface area contributed by atoms with Gasteiger partial charge in [0.2, 0.25) is 5.91 Å². The highest BCUT2D eigenvalue weighted by Crippen LogP contribution is 2.27. The Morgan fingerprint density at radius 1 is 1.09 bits per heavy atom. The van der Waals surface area contributed by atoms with E-state index in [0.717, 1.165) is 11.3 Å². The second kappa shape index (κ2) is 8.69. The minimum atomic E-state index is -0.177. The van der Waals surface area contributed by atoms with Crippen molar-refractivity contribution >= 4 is 58.2 Å². The SMILES string of the molecule is O=C(CCSCc1ccc(Cl)c(Cl)c1)Nc1cc(Cl)ccc1O. The summed E-state index contributed by atoms with van der Waals surface area (Å²) in [7, 11) is 0. The summed E-state index contributed by atoms with van der Waals surface area (Å²) in [5.74, 6) is 1.20. The number of phenolic OH excluding ortho intramolecular Hbond substituents is 1. The number of carbonyl (C=O) groups is 1. The Labute approximate surface area is 153 Å². The van der Waals surface area contributed by atoms with Crippen LogP contribution in [0, 0.1) is 0 Å². The molecule has 0 radical (unpaired) electrons. The minimum absolute atomic E-state index is 0.00814. The van der Waals surface area contributed by atoms with Crippen molar-refractivity contribution < 1.29 is 9.90 Å². The Bertz CT molecular complexity index is 710. The van der Waals surface area contributed by atoms with Crippen molar-refractivity contribution in [2.45, 2.75) is 12.2 Å². The smallest absolute Gasteiger partial charge is 0.225 e. The molecule has 0 aliphatic carbocycles. The molecule has 0 spiro atoms. The maximum atomic E-state index is 11.9. The second-order valence-corrected chi connectivity index (χ2v) is 7.12. The molecule has 0 saturated heterocycles. The summed E-state index contributed by atoms with van der Waals surface area (Å²) >= 11 is 19.3. The molecule has 0 fully saturated rings. The Morgan fingerprint density at radius 2 is 1.87 bits per heavy atom. The number of amides is 1. The fourth-order valence-electron chi connectivity index (χ4n) is 1.81. The van der Waals surface area contributed by atoms with Crippen LogP contribution in [0.4, 0.5) is 5.69 Å². The summed E-state index contributed by atoms with van der Waals surface area (Å²) in [6.07, 6.45) is 0.331. The van der Waals surface area contributed by atoms with Gasteiger partial charge in [-0.15, -0.1) is 0 Å². The molecule has 122 valence electrons. The van der Waals surface area contributed by atoms with Gasteiger partial charge in [-0.3, -0.25) is 4.79 Å². The van der Waals surface area contributed by atoms with Crippen LogP contribution in [-0.2, 0) is 10.5 Å². The summed E-state index contributed by atoms with van der Waals surface area (Å²) < 4.78 is 0. The second-order valence-electron chi connectivity index (χ2n) is 4.76. The Hall–Kier alpha value is -1.07. The van der Waals surface area contributed by atoms with Crippen LogP contribution in [0.15, 0.2) is 36.4 Å². The fraction of sp³-hybridized carbons (Fsp3) is 0.188. The molecular formula is C16H14Cl3NO2S. The zero-order chi connectivity index (χ0) is 16.8. The monoisotopic (exact) mass is 389 g/mol. The number of hydrogen-bond donors (Lipinski definition) is 2. The predicted octanol–water partition coefficient (Wildman–Crippen LogP) is 5.61. The number of rotatable bonds is 6. The molecule has 2 aromatic carbocycles. The lowest BCUT2D eigenvalue weighted by molar-refractivity contribution is -0.115. The molecule has 3 nitrogen and oxygen atoms in total. The maximum absolute atomic E-state index is 11.9. The van der Waals surface area contributed by atoms with Gasteiger partial charge in [0.1, 0.15) is 5.75 Å². The van der Waals surface area contributed by atoms with Crippen LogP contribution in [0.25, 0.3) is 0 Å². The van der Waals surface area contributed by atoms with Crippen LogP contribution in [0.1, 0.15) is 12.0 Å². The van der Waals surface area contributed by atoms with Gasteiger partial charge >= 0.3 is 0 Å². The van der Waals surface area contributed by atoms with Gasteiger partial charge in [0, 0.05) is 22.9 Å². The highest BCUT2D eigenvalue weighted by Gasteiger charge is 2.07. The molecular weight excluding hydrogens is 377 g/mol. The summed E-state index contributed by atoms with van der Waals surface area (Å²) in [4.78, 5) is 11.9. The van der Waals surface area contributed by atoms with E-state index in [9.17, 15) is 9.90 Å². The first-order chi connectivity index (χ1) is 11.0. The molecule has 2 aromatic rings. The average molecular weight is 391 g/mol. The van der Waals surface area contributed by atoms with E-state index in [0.29, 0.717) is 32.9 Å². The standard InChI is InChI=1S/C16H14Cl3NO2S/c17-11-2-4-15(21)14(8-11)20-16(22)5-6-23-9-10-1-3-12(18)13(19)7-10/h1-4,7-8,21H,5-6,9H2,(H,20,22). The third-order valence-electron chi connectivity index (χ3n) is 2.96. The fourth-order valence-corrected chi connectivity index (χ4v) is 3.19. The largest absolute Gasteiger partial charge is 0.506 e. The molecule has 0 bridgehead atoms. The first kappa shape index (κ1) is 18.3. The number of nitrogens with one attached hydrogen (secondary N) is 1. The van der Waals surface area contributed by atoms with E-state index in [4.69, 9.17) is 34.8 Å². The number of phenols is 1. The van der Waals surface area contributed by atoms with Crippen LogP contribution < -0.4 is 5.32 Å². The van der Waals surface area contributed by atoms with Gasteiger partial charge in [-0.2, -0.15) is 11.8 Å². The van der Waals surface area contributed by atoms with E-state index < -0.39 is 0 Å². The number of halogens is 3. The predicted molar refractivity (Wildman–Crippen MR) is 99.0 cm³/mol. The quantitative estimate of drug-likeness (QED) is 0.497. The Kier molecular flexibility index (Phi) is 6.90. The average Bonchev–Trinajstić information content (AvgIpc) is 2.51. The van der Waals surface area contributed by atoms with Crippen LogP contribution in [-0.4, -0.2) is 16.8 Å². The number of anilines is 1. The van der Waals surface area contributed by atoms with E-state index in [1.54, 1.807) is 23.9 Å². The van der Waals surface area contributed by atoms with Crippen molar-refractivity contribution in [1.29, 1.82) is 0 Å². The molecule has 1 amide bonds. The Morgan fingerprint density at radius 3 is 2.61 bits per heavy atom. The van der Waals surface area contributed by atoms with Gasteiger partial charge in [0.15, 0.2) is 0 Å². The van der Waals surface area contributed by atoms with Crippen molar-refractivity contribution in [1.82, 2.24) is 0 Å². The lowest BCUT2D eigenvalue weighted by Crippen LogP contribution is -2.12. The summed E-state index contributed by atoms with van der Waals surface area (Å²) in [6.45, 7) is 0. The van der Waals surface area contributed by atoms with Gasteiger partial charge in [-0.05, 0) is 35.9 Å². The van der Waals surface area contributed by atoms with E-state index in [2.05, 4.69) is 5.32 Å². The number of aromatic hydroxyl groups is 1. The molecule has 0 saturated carbocycles. The van der Waals surface area contributed by atoms with Crippen LogP contribution >= 0.6 is 46.6 Å². The van der Waals surface area contributed by atoms with Crippen LogP contribution in [0.2, 0.25) is 15.1 Å². The lowest BCUT2D eigenvalue weighted by atomic mass is 10.2. The molecule has 0 atom stereocenters. The highest BCUT2D eigenvalue weighted by atomic mass is 35.5. The van der Waals surface area contributed by atoms with Crippen LogP contribution in [0.5, 0.6) is 5.75 Å². The zero-order valence-electron chi connectivity index (χ0n) is 12.0. The van der Waals surface area contributed by atoms with Gasteiger partial charge < -0.3 is 10.4 Å². The maximum Gasteiger partial charge on any atom is 0.225 e. The summed E-state index contributed by atoms with van der Waals surface area (Å²) in [5.41, 5.74) is 1.37. The topological polar surface area (TPSA) is 49.3 Å². The number of hydrogen-bond acceptors (Lipinski definition) is 3. The van der Waals surface area contributed by atoms with Crippen molar-refractivity contribution in [3.8, 4) is 5.75 Å². The number of benzene rings is 2. The van der Waals surface area contributed by atoms with Gasteiger partial charge in [0.25, 0.3) is 0 Å². The van der Waals surface area contributed by atoms with E-state index >= 15 is 0 Å². The molecule has 23 heavy (non-hydrogen) atoms. The normalized spacial score (nSPS) is 10.6. The minimum Gasteiger partial charge on any atom is -0.506 e. The highest BCUT2D eigenvalue weighted by molar-refractivity contribution is 7.98. The van der Waals surface area contributed by atoms with Gasteiger partial charge in [0.05, 0.1) is 15.7 Å². The van der Waals surface area contributed by atoms with Crippen molar-refractivity contribution in [2.24, 2.45) is 0 Å². The van der Waals surface area contributed by atoms with Crippen LogP contribution in [0.3, 0.4) is 0 Å². The van der Waals surface area contributed by atoms with Gasteiger partial charge in [-0.1, -0.05) is 40.9 Å². The molecule has 0 aromatic heterocycles. The van der Waals surface area contributed by atoms with Crippen molar-refractivity contribution in [2.75, 3.05) is 11.1 Å². The number of thioether (sulfide) groups is 1. The zero-order valence-corrected chi connectivity index (χ0v) is 15.1. The van der Waals surface area contributed by atoms with Crippen molar-refractivity contribution in [3.05, 3.63) is 57.0 Å². The molecule has 7 heteroatoms. The molecule has 0 unspecified atom stereocenters. The summed E-state index contributed by atoms with van der Waals surface area (Å²) in [6, 6.07) is 9.99. The Balaban J connectivity index is 1.76. The third-order valence-corrected chi connectivity index (χ3v) is 4.96. The lowest BCUT2D eigenvalue weighted by Gasteiger charge is -2.08. The molecule has 0 heterocycles.